The predicted octanol–water partition coefficient (Wildman–Crippen LogP) is 2.80. The first-order valence-corrected chi connectivity index (χ1v) is 7.04. The number of primary amides is 1. The molecule has 0 aliphatic heterocycles. The van der Waals surface area contributed by atoms with Crippen LogP contribution < -0.4 is 16.4 Å². The van der Waals surface area contributed by atoms with E-state index in [-0.39, 0.29) is 12.5 Å². The Labute approximate surface area is 133 Å². The van der Waals surface area contributed by atoms with Gasteiger partial charge in [-0.3, -0.25) is 9.59 Å². The molecule has 0 saturated carbocycles. The van der Waals surface area contributed by atoms with Crippen molar-refractivity contribution in [3.8, 4) is 0 Å². The first-order chi connectivity index (χ1) is 10.5. The molecule has 0 atom stereocenters. The van der Waals surface area contributed by atoms with Gasteiger partial charge in [0.1, 0.15) is 0 Å². The third kappa shape index (κ3) is 3.99. The predicted molar refractivity (Wildman–Crippen MR) is 88.3 cm³/mol. The molecule has 0 saturated heterocycles. The van der Waals surface area contributed by atoms with Crippen LogP contribution in [0.1, 0.15) is 15.9 Å². The van der Waals surface area contributed by atoms with Gasteiger partial charge in [0.15, 0.2) is 0 Å². The average molecular weight is 318 g/mol. The van der Waals surface area contributed by atoms with Crippen LogP contribution in [-0.4, -0.2) is 18.4 Å². The quantitative estimate of drug-likeness (QED) is 0.792. The number of rotatable bonds is 5. The van der Waals surface area contributed by atoms with Crippen molar-refractivity contribution < 1.29 is 9.59 Å². The molecule has 0 bridgehead atoms. The molecule has 2 aromatic rings. The zero-order valence-electron chi connectivity index (χ0n) is 12.0. The standard InChI is InChI=1S/C16H16ClN3O2/c1-10-13(17)6-3-7-14(10)20-15(21)9-19-12-5-2-4-11(8-12)16(18)22/h2-8,19H,9H2,1H3,(H2,18,22)(H,20,21). The van der Waals surface area contributed by atoms with Crippen molar-refractivity contribution in [2.45, 2.75) is 6.92 Å². The molecule has 0 aromatic heterocycles. The van der Waals surface area contributed by atoms with E-state index in [2.05, 4.69) is 10.6 Å². The Bertz CT molecular complexity index is 716. The smallest absolute Gasteiger partial charge is 0.248 e. The molecule has 4 N–H and O–H groups in total. The number of amides is 2. The molecule has 114 valence electrons. The van der Waals surface area contributed by atoms with E-state index < -0.39 is 5.91 Å². The van der Waals surface area contributed by atoms with Gasteiger partial charge in [-0.25, -0.2) is 0 Å². The summed E-state index contributed by atoms with van der Waals surface area (Å²) in [4.78, 5) is 23.1. The van der Waals surface area contributed by atoms with Gasteiger partial charge in [-0.15, -0.1) is 0 Å². The maximum Gasteiger partial charge on any atom is 0.248 e. The Hall–Kier alpha value is -2.53. The molecular weight excluding hydrogens is 302 g/mol. The van der Waals surface area contributed by atoms with E-state index >= 15 is 0 Å². The van der Waals surface area contributed by atoms with Crippen LogP contribution in [-0.2, 0) is 4.79 Å². The molecule has 2 rings (SSSR count). The first kappa shape index (κ1) is 15.9. The number of carbonyl (C=O) groups excluding carboxylic acids is 2. The molecule has 2 aromatic carbocycles. The number of hydrogen-bond donors (Lipinski definition) is 3. The second-order valence-electron chi connectivity index (χ2n) is 4.76. The monoisotopic (exact) mass is 317 g/mol. The summed E-state index contributed by atoms with van der Waals surface area (Å²) in [5.74, 6) is -0.725. The van der Waals surface area contributed by atoms with E-state index in [1.807, 2.05) is 6.92 Å². The highest BCUT2D eigenvalue weighted by molar-refractivity contribution is 6.31. The maximum atomic E-state index is 12.0. The minimum Gasteiger partial charge on any atom is -0.376 e. The molecule has 5 nitrogen and oxygen atoms in total. The average Bonchev–Trinajstić information content (AvgIpc) is 2.50. The van der Waals surface area contributed by atoms with Crippen molar-refractivity contribution in [3.63, 3.8) is 0 Å². The Morgan fingerprint density at radius 3 is 2.64 bits per heavy atom. The third-order valence-corrected chi connectivity index (χ3v) is 3.55. The molecule has 0 fully saturated rings. The van der Waals surface area contributed by atoms with Crippen LogP contribution in [0.25, 0.3) is 0 Å². The van der Waals surface area contributed by atoms with Gasteiger partial charge >= 0.3 is 0 Å². The van der Waals surface area contributed by atoms with Crippen LogP contribution in [0.5, 0.6) is 0 Å². The Balaban J connectivity index is 1.97. The van der Waals surface area contributed by atoms with Crippen molar-refractivity contribution in [2.24, 2.45) is 5.73 Å². The van der Waals surface area contributed by atoms with E-state index in [4.69, 9.17) is 17.3 Å². The van der Waals surface area contributed by atoms with Gasteiger partial charge in [0.05, 0.1) is 6.54 Å². The Morgan fingerprint density at radius 1 is 1.18 bits per heavy atom. The number of hydrogen-bond acceptors (Lipinski definition) is 3. The first-order valence-electron chi connectivity index (χ1n) is 6.66. The summed E-state index contributed by atoms with van der Waals surface area (Å²) in [7, 11) is 0. The minimum atomic E-state index is -0.511. The van der Waals surface area contributed by atoms with Gasteiger partial charge in [-0.05, 0) is 42.8 Å². The van der Waals surface area contributed by atoms with Gasteiger partial charge in [0.25, 0.3) is 0 Å². The number of halogens is 1. The normalized spacial score (nSPS) is 10.1. The SMILES string of the molecule is Cc1c(Cl)cccc1NC(=O)CNc1cccc(C(N)=O)c1. The van der Waals surface area contributed by atoms with Gasteiger partial charge in [-0.2, -0.15) is 0 Å². The van der Waals surface area contributed by atoms with E-state index in [0.717, 1.165) is 5.56 Å². The highest BCUT2D eigenvalue weighted by Crippen LogP contribution is 2.22. The largest absolute Gasteiger partial charge is 0.376 e. The van der Waals surface area contributed by atoms with Crippen LogP contribution >= 0.6 is 11.6 Å². The van der Waals surface area contributed by atoms with Crippen LogP contribution in [0.4, 0.5) is 11.4 Å². The van der Waals surface area contributed by atoms with Gasteiger partial charge in [0, 0.05) is 22.0 Å². The second kappa shape index (κ2) is 6.95. The highest BCUT2D eigenvalue weighted by Gasteiger charge is 2.07. The van der Waals surface area contributed by atoms with Crippen molar-refractivity contribution in [2.75, 3.05) is 17.2 Å². The molecule has 2 amide bonds. The van der Waals surface area contributed by atoms with Gasteiger partial charge in [-0.1, -0.05) is 23.7 Å². The van der Waals surface area contributed by atoms with E-state index in [1.165, 1.54) is 0 Å². The lowest BCUT2D eigenvalue weighted by atomic mass is 10.2. The van der Waals surface area contributed by atoms with Crippen molar-refractivity contribution in [3.05, 3.63) is 58.6 Å². The van der Waals surface area contributed by atoms with Crippen LogP contribution in [0.3, 0.4) is 0 Å². The number of nitrogens with one attached hydrogen (secondary N) is 2. The van der Waals surface area contributed by atoms with Gasteiger partial charge < -0.3 is 16.4 Å². The van der Waals surface area contributed by atoms with Crippen molar-refractivity contribution in [1.29, 1.82) is 0 Å². The number of anilines is 2. The zero-order valence-corrected chi connectivity index (χ0v) is 12.8. The van der Waals surface area contributed by atoms with Crippen LogP contribution in [0.2, 0.25) is 5.02 Å². The highest BCUT2D eigenvalue weighted by atomic mass is 35.5. The lowest BCUT2D eigenvalue weighted by Gasteiger charge is -2.11. The molecule has 0 radical (unpaired) electrons. The van der Waals surface area contributed by atoms with Crippen molar-refractivity contribution >= 4 is 34.8 Å². The number of carbonyl (C=O) groups is 2. The number of benzene rings is 2. The van der Waals surface area contributed by atoms with Crippen molar-refractivity contribution in [1.82, 2.24) is 0 Å². The fourth-order valence-corrected chi connectivity index (χ4v) is 2.08. The summed E-state index contributed by atoms with van der Waals surface area (Å²) in [5, 5.41) is 6.32. The number of nitrogens with two attached hydrogens (primary N) is 1. The molecule has 22 heavy (non-hydrogen) atoms. The lowest BCUT2D eigenvalue weighted by Crippen LogP contribution is -2.22. The Morgan fingerprint density at radius 2 is 1.91 bits per heavy atom. The van der Waals surface area contributed by atoms with Crippen LogP contribution in [0, 0.1) is 6.92 Å². The Kier molecular flexibility index (Phi) is 5.01. The molecular formula is C16H16ClN3O2. The lowest BCUT2D eigenvalue weighted by molar-refractivity contribution is -0.114. The minimum absolute atomic E-state index is 0.0637. The summed E-state index contributed by atoms with van der Waals surface area (Å²) in [6.45, 7) is 1.90. The third-order valence-electron chi connectivity index (χ3n) is 3.14. The zero-order chi connectivity index (χ0) is 16.1. The van der Waals surface area contributed by atoms with E-state index in [9.17, 15) is 9.59 Å². The molecule has 0 spiro atoms. The van der Waals surface area contributed by atoms with E-state index in [1.54, 1.807) is 42.5 Å². The maximum absolute atomic E-state index is 12.0. The summed E-state index contributed by atoms with van der Waals surface area (Å²) in [6, 6.07) is 12.0. The summed E-state index contributed by atoms with van der Waals surface area (Å²) in [6.07, 6.45) is 0. The van der Waals surface area contributed by atoms with Gasteiger partial charge in [0.2, 0.25) is 11.8 Å². The topological polar surface area (TPSA) is 84.2 Å². The fourth-order valence-electron chi connectivity index (χ4n) is 1.90. The molecule has 0 unspecified atom stereocenters. The van der Waals surface area contributed by atoms with E-state index in [0.29, 0.717) is 22.0 Å². The second-order valence-corrected chi connectivity index (χ2v) is 5.17. The molecule has 0 heterocycles. The summed E-state index contributed by atoms with van der Waals surface area (Å²) >= 11 is 6.01. The fraction of sp³-hybridized carbons (Fsp3) is 0.125. The molecule has 0 aliphatic carbocycles. The summed E-state index contributed by atoms with van der Waals surface area (Å²) < 4.78 is 0. The summed E-state index contributed by atoms with van der Waals surface area (Å²) in [5.41, 5.74) is 7.73. The molecule has 6 heteroatoms. The van der Waals surface area contributed by atoms with Crippen LogP contribution in [0.15, 0.2) is 42.5 Å². The molecule has 0 aliphatic rings.